The zero-order valence-electron chi connectivity index (χ0n) is 17.7. The summed E-state index contributed by atoms with van der Waals surface area (Å²) in [4.78, 5) is 8.86. The number of benzene rings is 1. The van der Waals surface area contributed by atoms with Crippen molar-refractivity contribution in [3.05, 3.63) is 40.2 Å². The van der Waals surface area contributed by atoms with Crippen molar-refractivity contribution in [2.75, 3.05) is 13.2 Å². The predicted molar refractivity (Wildman–Crippen MR) is 119 cm³/mol. The van der Waals surface area contributed by atoms with Crippen LogP contribution < -0.4 is 0 Å². The molecule has 5 heteroatoms. The van der Waals surface area contributed by atoms with Crippen molar-refractivity contribution < 1.29 is 4.43 Å². The second-order valence-electron chi connectivity index (χ2n) is 9.22. The van der Waals surface area contributed by atoms with Gasteiger partial charge in [-0.15, -0.1) is 11.3 Å². The van der Waals surface area contributed by atoms with E-state index in [1.165, 1.54) is 28.3 Å². The normalized spacial score (nSPS) is 19.0. The van der Waals surface area contributed by atoms with E-state index in [4.69, 9.17) is 9.41 Å². The van der Waals surface area contributed by atoms with E-state index >= 15 is 0 Å². The molecule has 3 rings (SSSR count). The fourth-order valence-electron chi connectivity index (χ4n) is 3.37. The molecule has 0 radical (unpaired) electrons. The third-order valence-corrected chi connectivity index (χ3v) is 11.6. The zero-order valence-corrected chi connectivity index (χ0v) is 19.5. The first kappa shape index (κ1) is 20.7. The Morgan fingerprint density at radius 1 is 1.22 bits per heavy atom. The summed E-state index contributed by atoms with van der Waals surface area (Å²) in [5.41, 5.74) is 2.36. The van der Waals surface area contributed by atoms with Gasteiger partial charge in [-0.2, -0.15) is 0 Å². The Kier molecular flexibility index (Phi) is 6.26. The van der Waals surface area contributed by atoms with Crippen LogP contribution in [0.1, 0.15) is 43.5 Å². The highest BCUT2D eigenvalue weighted by atomic mass is 32.1. The Morgan fingerprint density at radius 3 is 2.59 bits per heavy atom. The quantitative estimate of drug-likeness (QED) is 0.545. The molecule has 0 bridgehead atoms. The lowest BCUT2D eigenvalue weighted by molar-refractivity contribution is 0.157. The van der Waals surface area contributed by atoms with Gasteiger partial charge < -0.3 is 4.43 Å². The first-order chi connectivity index (χ1) is 12.7. The molecule has 2 aromatic rings. The zero-order chi connectivity index (χ0) is 19.7. The van der Waals surface area contributed by atoms with Gasteiger partial charge in [-0.25, -0.2) is 4.98 Å². The summed E-state index contributed by atoms with van der Waals surface area (Å²) in [6.45, 7) is 16.8. The molecule has 0 aliphatic carbocycles. The SMILES string of the molecule is Cc1sc(CN2CCCC2CO[Si](C)(C)C(C)(C)C)nc1-c1ccccc1. The lowest BCUT2D eigenvalue weighted by atomic mass is 10.1. The summed E-state index contributed by atoms with van der Waals surface area (Å²) in [5, 5.41) is 1.50. The Morgan fingerprint density at radius 2 is 1.93 bits per heavy atom. The predicted octanol–water partition coefficient (Wildman–Crippen LogP) is 6.10. The lowest BCUT2D eigenvalue weighted by Gasteiger charge is -2.38. The molecule has 1 aliphatic heterocycles. The smallest absolute Gasteiger partial charge is 0.192 e. The standard InChI is InChI=1S/C22H34N2OSSi/c1-17-21(18-11-8-7-9-12-18)23-20(26-17)15-24-14-10-13-19(24)16-25-27(5,6)22(2,3)4/h7-9,11-12,19H,10,13-16H2,1-6H3. The van der Waals surface area contributed by atoms with Crippen LogP contribution in [-0.2, 0) is 11.0 Å². The fourth-order valence-corrected chi connectivity index (χ4v) is 5.39. The minimum atomic E-state index is -1.68. The fraction of sp³-hybridized carbons (Fsp3) is 0.591. The van der Waals surface area contributed by atoms with E-state index in [1.807, 2.05) is 11.3 Å². The van der Waals surface area contributed by atoms with Crippen LogP contribution in [0.4, 0.5) is 0 Å². The molecular formula is C22H34N2OSSi. The summed E-state index contributed by atoms with van der Waals surface area (Å²) in [6.07, 6.45) is 2.51. The van der Waals surface area contributed by atoms with Crippen LogP contribution in [0.5, 0.6) is 0 Å². The third-order valence-electron chi connectivity index (χ3n) is 6.17. The van der Waals surface area contributed by atoms with E-state index < -0.39 is 8.32 Å². The minimum Gasteiger partial charge on any atom is -0.415 e. The van der Waals surface area contributed by atoms with Crippen molar-refractivity contribution in [3.63, 3.8) is 0 Å². The summed E-state index contributed by atoms with van der Waals surface area (Å²) >= 11 is 1.84. The van der Waals surface area contributed by atoms with Crippen LogP contribution in [-0.4, -0.2) is 37.4 Å². The number of nitrogens with zero attached hydrogens (tertiary/aromatic N) is 2. The largest absolute Gasteiger partial charge is 0.415 e. The third kappa shape index (κ3) is 4.89. The molecule has 1 aliphatic rings. The van der Waals surface area contributed by atoms with Crippen molar-refractivity contribution in [1.82, 2.24) is 9.88 Å². The van der Waals surface area contributed by atoms with Gasteiger partial charge in [0.05, 0.1) is 12.2 Å². The Bertz CT molecular complexity index is 751. The Hall–Kier alpha value is -1.01. The second-order valence-corrected chi connectivity index (χ2v) is 15.3. The number of rotatable bonds is 6. The number of hydrogen-bond acceptors (Lipinski definition) is 4. The molecule has 2 heterocycles. The maximum absolute atomic E-state index is 6.52. The van der Waals surface area contributed by atoms with Crippen LogP contribution in [0.2, 0.25) is 18.1 Å². The van der Waals surface area contributed by atoms with Gasteiger partial charge in [-0.3, -0.25) is 4.90 Å². The molecule has 1 aromatic carbocycles. The van der Waals surface area contributed by atoms with Crippen LogP contribution in [0.25, 0.3) is 11.3 Å². The van der Waals surface area contributed by atoms with Crippen molar-refractivity contribution in [3.8, 4) is 11.3 Å². The van der Waals surface area contributed by atoms with Crippen molar-refractivity contribution in [2.24, 2.45) is 0 Å². The molecule has 0 saturated carbocycles. The van der Waals surface area contributed by atoms with Gasteiger partial charge >= 0.3 is 0 Å². The van der Waals surface area contributed by atoms with E-state index in [0.717, 1.165) is 25.4 Å². The average Bonchev–Trinajstić information content (AvgIpc) is 3.19. The highest BCUT2D eigenvalue weighted by Crippen LogP contribution is 2.37. The van der Waals surface area contributed by atoms with E-state index in [0.29, 0.717) is 6.04 Å². The van der Waals surface area contributed by atoms with Gasteiger partial charge in [0.25, 0.3) is 0 Å². The number of likely N-dealkylation sites (tertiary alicyclic amines) is 1. The molecule has 1 unspecified atom stereocenters. The van der Waals surface area contributed by atoms with E-state index in [9.17, 15) is 0 Å². The molecule has 1 atom stereocenters. The van der Waals surface area contributed by atoms with Crippen LogP contribution in [0, 0.1) is 6.92 Å². The van der Waals surface area contributed by atoms with Crippen molar-refractivity contribution in [2.45, 2.75) is 71.3 Å². The summed E-state index contributed by atoms with van der Waals surface area (Å²) in [5.74, 6) is 0. The van der Waals surface area contributed by atoms with E-state index in [-0.39, 0.29) is 5.04 Å². The second kappa shape index (κ2) is 8.16. The Balaban J connectivity index is 1.65. The Labute approximate surface area is 169 Å². The monoisotopic (exact) mass is 402 g/mol. The summed E-state index contributed by atoms with van der Waals surface area (Å²) in [7, 11) is -1.68. The molecule has 1 fully saturated rings. The first-order valence-corrected chi connectivity index (χ1v) is 13.8. The van der Waals surface area contributed by atoms with Gasteiger partial charge in [-0.05, 0) is 44.4 Å². The highest BCUT2D eigenvalue weighted by molar-refractivity contribution is 7.12. The first-order valence-electron chi connectivity index (χ1n) is 10.1. The molecule has 148 valence electrons. The van der Waals surface area contributed by atoms with Gasteiger partial charge in [0.1, 0.15) is 5.01 Å². The van der Waals surface area contributed by atoms with E-state index in [1.54, 1.807) is 0 Å². The topological polar surface area (TPSA) is 25.4 Å². The van der Waals surface area contributed by atoms with Gasteiger partial charge in [0.2, 0.25) is 0 Å². The number of thiazole rings is 1. The summed E-state index contributed by atoms with van der Waals surface area (Å²) < 4.78 is 6.52. The van der Waals surface area contributed by atoms with Crippen LogP contribution >= 0.6 is 11.3 Å². The highest BCUT2D eigenvalue weighted by Gasteiger charge is 2.38. The van der Waals surface area contributed by atoms with Crippen LogP contribution in [0.3, 0.4) is 0 Å². The van der Waals surface area contributed by atoms with Gasteiger partial charge in [0, 0.05) is 23.1 Å². The summed E-state index contributed by atoms with van der Waals surface area (Å²) in [6, 6.07) is 11.1. The average molecular weight is 403 g/mol. The molecule has 0 N–H and O–H groups in total. The maximum atomic E-state index is 6.52. The molecule has 0 spiro atoms. The molecule has 1 aromatic heterocycles. The van der Waals surface area contributed by atoms with E-state index in [2.05, 4.69) is 76.0 Å². The molecule has 1 saturated heterocycles. The van der Waals surface area contributed by atoms with Crippen LogP contribution in [0.15, 0.2) is 30.3 Å². The molecule has 3 nitrogen and oxygen atoms in total. The number of aromatic nitrogens is 1. The number of aryl methyl sites for hydroxylation is 1. The number of hydrogen-bond donors (Lipinski definition) is 0. The van der Waals surface area contributed by atoms with Gasteiger partial charge in [-0.1, -0.05) is 51.1 Å². The van der Waals surface area contributed by atoms with Crippen molar-refractivity contribution >= 4 is 19.7 Å². The lowest BCUT2D eigenvalue weighted by Crippen LogP contribution is -2.44. The molecular weight excluding hydrogens is 368 g/mol. The van der Waals surface area contributed by atoms with Gasteiger partial charge in [0.15, 0.2) is 8.32 Å². The molecule has 27 heavy (non-hydrogen) atoms. The van der Waals surface area contributed by atoms with Crippen molar-refractivity contribution in [1.29, 1.82) is 0 Å². The minimum absolute atomic E-state index is 0.271. The maximum Gasteiger partial charge on any atom is 0.192 e. The molecule has 0 amide bonds.